The fourth-order valence-corrected chi connectivity index (χ4v) is 2.84. The molecule has 0 unspecified atom stereocenters. The van der Waals surface area contributed by atoms with E-state index in [0.717, 1.165) is 33.6 Å². The molecule has 0 aliphatic rings. The molecule has 4 aromatic rings. The van der Waals surface area contributed by atoms with Crippen LogP contribution in [0, 0.1) is 0 Å². The minimum atomic E-state index is 0.470. The molecule has 0 radical (unpaired) electrons. The molecule has 0 spiro atoms. The molecular weight excluding hydrogens is 334 g/mol. The van der Waals surface area contributed by atoms with Crippen molar-refractivity contribution in [1.29, 1.82) is 0 Å². The van der Waals surface area contributed by atoms with Gasteiger partial charge in [0.1, 0.15) is 12.3 Å². The van der Waals surface area contributed by atoms with Gasteiger partial charge in [-0.1, -0.05) is 29.8 Å². The molecule has 124 valence electrons. The van der Waals surface area contributed by atoms with E-state index in [2.05, 4.69) is 21.0 Å². The zero-order valence-corrected chi connectivity index (χ0v) is 14.2. The maximum Gasteiger partial charge on any atom is 0.213 e. The Morgan fingerprint density at radius 3 is 2.60 bits per heavy atom. The second kappa shape index (κ2) is 6.95. The number of aromatic amines is 1. The number of halogens is 1. The van der Waals surface area contributed by atoms with Crippen LogP contribution in [0.5, 0.6) is 5.88 Å². The van der Waals surface area contributed by atoms with Crippen molar-refractivity contribution in [1.82, 2.24) is 15.0 Å². The standard InChI is InChI=1S/C20H16ClN3O/c21-17-6-3-14(4-7-17)13-25-19-8-5-15(11-23-19)10-16-12-24-20-18(16)2-1-9-22-20/h1-9,11-12H,10,13H2,(H,22,24). The van der Waals surface area contributed by atoms with E-state index in [1.165, 1.54) is 5.56 Å². The van der Waals surface area contributed by atoms with Crippen LogP contribution in [0.15, 0.2) is 67.1 Å². The van der Waals surface area contributed by atoms with Crippen molar-refractivity contribution in [2.24, 2.45) is 0 Å². The first kappa shape index (κ1) is 15.7. The highest BCUT2D eigenvalue weighted by Gasteiger charge is 2.06. The number of ether oxygens (including phenoxy) is 1. The van der Waals surface area contributed by atoms with Gasteiger partial charge in [0.25, 0.3) is 0 Å². The minimum absolute atomic E-state index is 0.470. The Bertz CT molecular complexity index is 978. The Balaban J connectivity index is 1.42. The summed E-state index contributed by atoms with van der Waals surface area (Å²) < 4.78 is 5.72. The molecule has 0 aliphatic heterocycles. The van der Waals surface area contributed by atoms with Gasteiger partial charge in [-0.15, -0.1) is 0 Å². The minimum Gasteiger partial charge on any atom is -0.473 e. The van der Waals surface area contributed by atoms with Gasteiger partial charge in [0.15, 0.2) is 0 Å². The Hall–Kier alpha value is -2.85. The monoisotopic (exact) mass is 349 g/mol. The van der Waals surface area contributed by atoms with E-state index < -0.39 is 0 Å². The van der Waals surface area contributed by atoms with Crippen molar-refractivity contribution in [3.05, 3.63) is 88.8 Å². The van der Waals surface area contributed by atoms with E-state index in [4.69, 9.17) is 16.3 Å². The van der Waals surface area contributed by atoms with Crippen molar-refractivity contribution in [3.8, 4) is 5.88 Å². The number of nitrogens with one attached hydrogen (secondary N) is 1. The molecule has 0 fully saturated rings. The number of hydrogen-bond acceptors (Lipinski definition) is 3. The first-order valence-corrected chi connectivity index (χ1v) is 8.39. The predicted molar refractivity (Wildman–Crippen MR) is 98.9 cm³/mol. The number of rotatable bonds is 5. The molecule has 0 saturated heterocycles. The van der Waals surface area contributed by atoms with Crippen molar-refractivity contribution in [3.63, 3.8) is 0 Å². The average molecular weight is 350 g/mol. The molecule has 0 amide bonds. The smallest absolute Gasteiger partial charge is 0.213 e. The van der Waals surface area contributed by atoms with E-state index >= 15 is 0 Å². The number of hydrogen-bond donors (Lipinski definition) is 1. The summed E-state index contributed by atoms with van der Waals surface area (Å²) in [6.07, 6.45) is 6.45. The highest BCUT2D eigenvalue weighted by atomic mass is 35.5. The van der Waals surface area contributed by atoms with Gasteiger partial charge in [0, 0.05) is 41.5 Å². The molecule has 5 heteroatoms. The summed E-state index contributed by atoms with van der Waals surface area (Å²) in [7, 11) is 0. The van der Waals surface area contributed by atoms with Gasteiger partial charge >= 0.3 is 0 Å². The summed E-state index contributed by atoms with van der Waals surface area (Å²) in [5.41, 5.74) is 4.30. The maximum absolute atomic E-state index is 5.88. The second-order valence-electron chi connectivity index (χ2n) is 5.81. The molecule has 0 saturated carbocycles. The van der Waals surface area contributed by atoms with Gasteiger partial charge < -0.3 is 9.72 Å². The number of nitrogens with zero attached hydrogens (tertiary/aromatic N) is 2. The lowest BCUT2D eigenvalue weighted by Gasteiger charge is -2.06. The molecular formula is C20H16ClN3O. The summed E-state index contributed by atoms with van der Waals surface area (Å²) >= 11 is 5.88. The van der Waals surface area contributed by atoms with Crippen LogP contribution in [-0.4, -0.2) is 15.0 Å². The second-order valence-corrected chi connectivity index (χ2v) is 6.25. The summed E-state index contributed by atoms with van der Waals surface area (Å²) in [5, 5.41) is 1.87. The van der Waals surface area contributed by atoms with Crippen LogP contribution in [0.2, 0.25) is 5.02 Å². The predicted octanol–water partition coefficient (Wildman–Crippen LogP) is 4.78. The van der Waals surface area contributed by atoms with E-state index in [-0.39, 0.29) is 0 Å². The Kier molecular flexibility index (Phi) is 4.36. The number of aromatic nitrogens is 3. The van der Waals surface area contributed by atoms with Crippen LogP contribution in [0.3, 0.4) is 0 Å². The van der Waals surface area contributed by atoms with E-state index in [1.54, 1.807) is 6.20 Å². The molecule has 0 aliphatic carbocycles. The van der Waals surface area contributed by atoms with Gasteiger partial charge in [-0.3, -0.25) is 0 Å². The molecule has 4 nitrogen and oxygen atoms in total. The summed E-state index contributed by atoms with van der Waals surface area (Å²) in [6.45, 7) is 0.470. The Morgan fingerprint density at radius 2 is 1.80 bits per heavy atom. The zero-order valence-electron chi connectivity index (χ0n) is 13.4. The summed E-state index contributed by atoms with van der Waals surface area (Å²) in [5.74, 6) is 0.610. The van der Waals surface area contributed by atoms with E-state index in [0.29, 0.717) is 12.5 Å². The van der Waals surface area contributed by atoms with E-state index in [9.17, 15) is 0 Å². The first-order valence-electron chi connectivity index (χ1n) is 8.01. The average Bonchev–Trinajstić information content (AvgIpc) is 3.06. The molecule has 4 rings (SSSR count). The topological polar surface area (TPSA) is 50.8 Å². The van der Waals surface area contributed by atoms with Gasteiger partial charge in [-0.25, -0.2) is 9.97 Å². The molecule has 1 aromatic carbocycles. The highest BCUT2D eigenvalue weighted by molar-refractivity contribution is 6.30. The number of fused-ring (bicyclic) bond motifs is 1. The van der Waals surface area contributed by atoms with Crippen LogP contribution in [0.4, 0.5) is 0 Å². The quantitative estimate of drug-likeness (QED) is 0.564. The molecule has 3 heterocycles. The normalized spacial score (nSPS) is 10.9. The Morgan fingerprint density at radius 1 is 0.960 bits per heavy atom. The van der Waals surface area contributed by atoms with Crippen molar-refractivity contribution in [2.45, 2.75) is 13.0 Å². The highest BCUT2D eigenvalue weighted by Crippen LogP contribution is 2.20. The van der Waals surface area contributed by atoms with Gasteiger partial charge in [-0.05, 0) is 41.0 Å². The first-order chi connectivity index (χ1) is 12.3. The van der Waals surface area contributed by atoms with Crippen LogP contribution in [0.25, 0.3) is 11.0 Å². The van der Waals surface area contributed by atoms with Crippen LogP contribution >= 0.6 is 11.6 Å². The van der Waals surface area contributed by atoms with Crippen molar-refractivity contribution in [2.75, 3.05) is 0 Å². The lowest BCUT2D eigenvalue weighted by Crippen LogP contribution is -1.97. The third kappa shape index (κ3) is 3.64. The SMILES string of the molecule is Clc1ccc(COc2ccc(Cc3c[nH]c4ncccc34)cn2)cc1. The zero-order chi connectivity index (χ0) is 17.1. The van der Waals surface area contributed by atoms with Crippen LogP contribution < -0.4 is 4.74 Å². The molecule has 25 heavy (non-hydrogen) atoms. The third-order valence-corrected chi connectivity index (χ3v) is 4.28. The molecule has 1 N–H and O–H groups in total. The lowest BCUT2D eigenvalue weighted by atomic mass is 10.1. The van der Waals surface area contributed by atoms with Crippen LogP contribution in [0.1, 0.15) is 16.7 Å². The molecule has 0 bridgehead atoms. The fourth-order valence-electron chi connectivity index (χ4n) is 2.72. The maximum atomic E-state index is 5.88. The largest absolute Gasteiger partial charge is 0.473 e. The summed E-state index contributed by atoms with van der Waals surface area (Å²) in [6, 6.07) is 15.6. The van der Waals surface area contributed by atoms with Crippen molar-refractivity contribution >= 4 is 22.6 Å². The Labute approximate surface area is 150 Å². The number of H-pyrrole nitrogens is 1. The molecule has 3 aromatic heterocycles. The summed E-state index contributed by atoms with van der Waals surface area (Å²) in [4.78, 5) is 11.9. The van der Waals surface area contributed by atoms with Crippen molar-refractivity contribution < 1.29 is 4.74 Å². The molecule has 0 atom stereocenters. The van der Waals surface area contributed by atoms with Gasteiger partial charge in [-0.2, -0.15) is 0 Å². The van der Waals surface area contributed by atoms with Gasteiger partial charge in [0.2, 0.25) is 5.88 Å². The van der Waals surface area contributed by atoms with Gasteiger partial charge in [0.05, 0.1) is 0 Å². The van der Waals surface area contributed by atoms with E-state index in [1.807, 2.05) is 54.9 Å². The third-order valence-electron chi connectivity index (χ3n) is 4.03. The lowest BCUT2D eigenvalue weighted by molar-refractivity contribution is 0.294. The number of pyridine rings is 2. The van der Waals surface area contributed by atoms with Crippen LogP contribution in [-0.2, 0) is 13.0 Å². The fraction of sp³-hybridized carbons (Fsp3) is 0.100. The number of benzene rings is 1.